The molecule has 0 fully saturated rings. The number of aromatic carboxylic acids is 1. The van der Waals surface area contributed by atoms with Gasteiger partial charge in [0.1, 0.15) is 11.6 Å². The zero-order valence-corrected chi connectivity index (χ0v) is 8.47. The van der Waals surface area contributed by atoms with E-state index in [1.807, 2.05) is 0 Å². The zero-order valence-electron chi connectivity index (χ0n) is 7.58. The van der Waals surface area contributed by atoms with Crippen LogP contribution in [-0.4, -0.2) is 16.8 Å². The maximum absolute atomic E-state index is 13.2. The number of thiol groups is 1. The fraction of sp³-hybridized carbons (Fsp3) is 0.100. The van der Waals surface area contributed by atoms with E-state index in [0.717, 1.165) is 12.1 Å². The molecule has 0 heterocycles. The van der Waals surface area contributed by atoms with Crippen molar-refractivity contribution >= 4 is 24.7 Å². The summed E-state index contributed by atoms with van der Waals surface area (Å²) in [4.78, 5) is 10.5. The van der Waals surface area contributed by atoms with Gasteiger partial charge in [0.25, 0.3) is 0 Å². The van der Waals surface area contributed by atoms with Crippen LogP contribution in [-0.2, 0) is 0 Å². The number of rotatable bonds is 3. The van der Waals surface area contributed by atoms with Gasteiger partial charge < -0.3 is 5.11 Å². The standard InChI is InChI=1S/C10H8F2O2S/c11-8-4-6(10(13)14)5-9(12)7(8)2-1-3-15/h1-2,4-5,15H,3H2,(H,13,14). The normalized spacial score (nSPS) is 10.9. The molecule has 0 aromatic heterocycles. The molecule has 0 unspecified atom stereocenters. The fourth-order valence-corrected chi connectivity index (χ4v) is 1.14. The van der Waals surface area contributed by atoms with E-state index >= 15 is 0 Å². The van der Waals surface area contributed by atoms with Crippen LogP contribution >= 0.6 is 12.6 Å². The van der Waals surface area contributed by atoms with E-state index in [1.54, 1.807) is 0 Å². The Labute approximate surface area is 90.6 Å². The molecule has 80 valence electrons. The first-order chi connectivity index (χ1) is 7.06. The van der Waals surface area contributed by atoms with Crippen LogP contribution in [0.2, 0.25) is 0 Å². The van der Waals surface area contributed by atoms with Crippen molar-refractivity contribution in [3.05, 3.63) is 41.0 Å². The minimum atomic E-state index is -1.36. The van der Waals surface area contributed by atoms with Gasteiger partial charge in [-0.25, -0.2) is 13.6 Å². The molecule has 0 aliphatic carbocycles. The van der Waals surface area contributed by atoms with Crippen molar-refractivity contribution < 1.29 is 18.7 Å². The minimum Gasteiger partial charge on any atom is -0.478 e. The molecule has 0 radical (unpaired) electrons. The molecule has 0 amide bonds. The van der Waals surface area contributed by atoms with Crippen LogP contribution in [0.15, 0.2) is 18.2 Å². The third kappa shape index (κ3) is 2.79. The van der Waals surface area contributed by atoms with Crippen LogP contribution in [0.3, 0.4) is 0 Å². The number of carboxylic acid groups (broad SMARTS) is 1. The summed E-state index contributed by atoms with van der Waals surface area (Å²) in [5.74, 6) is -2.81. The molecule has 0 spiro atoms. The predicted octanol–water partition coefficient (Wildman–Crippen LogP) is 2.61. The lowest BCUT2D eigenvalue weighted by Gasteiger charge is -2.01. The van der Waals surface area contributed by atoms with E-state index in [9.17, 15) is 13.6 Å². The summed E-state index contributed by atoms with van der Waals surface area (Å²) in [5, 5.41) is 8.54. The maximum Gasteiger partial charge on any atom is 0.335 e. The molecule has 0 aliphatic rings. The van der Waals surface area contributed by atoms with Gasteiger partial charge in [-0.1, -0.05) is 12.2 Å². The molecule has 1 aromatic carbocycles. The third-order valence-electron chi connectivity index (χ3n) is 1.72. The summed E-state index contributed by atoms with van der Waals surface area (Å²) in [6, 6.07) is 1.56. The van der Waals surface area contributed by atoms with Crippen LogP contribution in [0.5, 0.6) is 0 Å². The summed E-state index contributed by atoms with van der Waals surface area (Å²) < 4.78 is 26.4. The van der Waals surface area contributed by atoms with Gasteiger partial charge in [0, 0.05) is 11.3 Å². The summed E-state index contributed by atoms with van der Waals surface area (Å²) in [5.41, 5.74) is -0.665. The second-order valence-corrected chi connectivity index (χ2v) is 3.11. The van der Waals surface area contributed by atoms with E-state index < -0.39 is 23.2 Å². The molecular weight excluding hydrogens is 222 g/mol. The maximum atomic E-state index is 13.2. The molecule has 1 rings (SSSR count). The van der Waals surface area contributed by atoms with Gasteiger partial charge in [-0.15, -0.1) is 0 Å². The largest absolute Gasteiger partial charge is 0.478 e. The lowest BCUT2D eigenvalue weighted by atomic mass is 10.1. The molecule has 5 heteroatoms. The summed E-state index contributed by atoms with van der Waals surface area (Å²) >= 11 is 3.85. The smallest absolute Gasteiger partial charge is 0.335 e. The molecule has 1 aromatic rings. The minimum absolute atomic E-state index is 0.256. The average molecular weight is 230 g/mol. The summed E-state index contributed by atoms with van der Waals surface area (Å²) in [7, 11) is 0. The molecular formula is C10H8F2O2S. The van der Waals surface area contributed by atoms with Gasteiger partial charge in [-0.05, 0) is 12.1 Å². The van der Waals surface area contributed by atoms with E-state index in [2.05, 4.69) is 12.6 Å². The zero-order chi connectivity index (χ0) is 11.4. The first-order valence-electron chi connectivity index (χ1n) is 4.06. The number of carbonyl (C=O) groups is 1. The van der Waals surface area contributed by atoms with Gasteiger partial charge in [-0.3, -0.25) is 0 Å². The molecule has 15 heavy (non-hydrogen) atoms. The van der Waals surface area contributed by atoms with Crippen molar-refractivity contribution in [2.75, 3.05) is 5.75 Å². The van der Waals surface area contributed by atoms with Crippen LogP contribution in [0.1, 0.15) is 15.9 Å². The number of hydrogen-bond acceptors (Lipinski definition) is 2. The van der Waals surface area contributed by atoms with Crippen LogP contribution in [0, 0.1) is 11.6 Å². The highest BCUT2D eigenvalue weighted by molar-refractivity contribution is 7.80. The van der Waals surface area contributed by atoms with E-state index in [-0.39, 0.29) is 5.56 Å². The topological polar surface area (TPSA) is 37.3 Å². The fourth-order valence-electron chi connectivity index (χ4n) is 1.04. The van der Waals surface area contributed by atoms with Gasteiger partial charge in [0.2, 0.25) is 0 Å². The van der Waals surface area contributed by atoms with E-state index in [1.165, 1.54) is 12.2 Å². The van der Waals surface area contributed by atoms with Gasteiger partial charge in [-0.2, -0.15) is 12.6 Å². The van der Waals surface area contributed by atoms with Gasteiger partial charge >= 0.3 is 5.97 Å². The first kappa shape index (κ1) is 11.7. The highest BCUT2D eigenvalue weighted by Gasteiger charge is 2.12. The Bertz CT molecular complexity index is 393. The van der Waals surface area contributed by atoms with Crippen molar-refractivity contribution in [3.63, 3.8) is 0 Å². The van der Waals surface area contributed by atoms with E-state index in [4.69, 9.17) is 5.11 Å². The molecule has 2 nitrogen and oxygen atoms in total. The Morgan fingerprint density at radius 3 is 2.33 bits per heavy atom. The van der Waals surface area contributed by atoms with E-state index in [0.29, 0.717) is 5.75 Å². The van der Waals surface area contributed by atoms with Crippen molar-refractivity contribution in [2.24, 2.45) is 0 Å². The lowest BCUT2D eigenvalue weighted by molar-refractivity contribution is 0.0695. The average Bonchev–Trinajstić information content (AvgIpc) is 2.16. The quantitative estimate of drug-likeness (QED) is 0.783. The Kier molecular flexibility index (Phi) is 3.85. The first-order valence-corrected chi connectivity index (χ1v) is 4.69. The molecule has 0 saturated carbocycles. The van der Waals surface area contributed by atoms with Crippen LogP contribution in [0.25, 0.3) is 6.08 Å². The molecule has 0 bridgehead atoms. The van der Waals surface area contributed by atoms with Crippen molar-refractivity contribution in [1.82, 2.24) is 0 Å². The summed E-state index contributed by atoms with van der Waals surface area (Å²) in [6.07, 6.45) is 2.69. The summed E-state index contributed by atoms with van der Waals surface area (Å²) in [6.45, 7) is 0. The number of hydrogen-bond donors (Lipinski definition) is 2. The second kappa shape index (κ2) is 4.93. The lowest BCUT2D eigenvalue weighted by Crippen LogP contribution is -2.00. The Morgan fingerprint density at radius 1 is 1.40 bits per heavy atom. The highest BCUT2D eigenvalue weighted by atomic mass is 32.1. The molecule has 0 saturated heterocycles. The molecule has 1 N–H and O–H groups in total. The number of halogens is 2. The number of benzene rings is 1. The van der Waals surface area contributed by atoms with Gasteiger partial charge in [0.15, 0.2) is 0 Å². The van der Waals surface area contributed by atoms with Crippen molar-refractivity contribution in [2.45, 2.75) is 0 Å². The Balaban J connectivity index is 3.21. The van der Waals surface area contributed by atoms with Crippen LogP contribution < -0.4 is 0 Å². The molecule has 0 atom stereocenters. The van der Waals surface area contributed by atoms with Crippen molar-refractivity contribution in [1.29, 1.82) is 0 Å². The van der Waals surface area contributed by atoms with Gasteiger partial charge in [0.05, 0.1) is 5.56 Å². The third-order valence-corrected chi connectivity index (χ3v) is 1.93. The number of carboxylic acids is 1. The Morgan fingerprint density at radius 2 is 1.93 bits per heavy atom. The second-order valence-electron chi connectivity index (χ2n) is 2.74. The SMILES string of the molecule is O=C(O)c1cc(F)c(C=CCS)c(F)c1. The molecule has 0 aliphatic heterocycles. The highest BCUT2D eigenvalue weighted by Crippen LogP contribution is 2.17. The van der Waals surface area contributed by atoms with Crippen molar-refractivity contribution in [3.8, 4) is 0 Å². The Hall–Kier alpha value is -1.36. The van der Waals surface area contributed by atoms with Crippen LogP contribution in [0.4, 0.5) is 8.78 Å². The monoisotopic (exact) mass is 230 g/mol. The predicted molar refractivity (Wildman–Crippen MR) is 56.2 cm³/mol.